The van der Waals surface area contributed by atoms with Crippen LogP contribution in [0.2, 0.25) is 0 Å². The summed E-state index contributed by atoms with van der Waals surface area (Å²) in [5, 5.41) is 2.77. The van der Waals surface area contributed by atoms with Gasteiger partial charge in [-0.25, -0.2) is 0 Å². The van der Waals surface area contributed by atoms with Gasteiger partial charge in [0.1, 0.15) is 11.5 Å². The highest BCUT2D eigenvalue weighted by Gasteiger charge is 2.10. The van der Waals surface area contributed by atoms with Gasteiger partial charge in [-0.1, -0.05) is 24.6 Å². The molecule has 2 rings (SSSR count). The van der Waals surface area contributed by atoms with Crippen LogP contribution in [0.3, 0.4) is 0 Å². The van der Waals surface area contributed by atoms with Crippen molar-refractivity contribution >= 4 is 11.6 Å². The summed E-state index contributed by atoms with van der Waals surface area (Å²) in [4.78, 5) is 11.7. The number of rotatable bonds is 5. The van der Waals surface area contributed by atoms with Crippen molar-refractivity contribution in [1.82, 2.24) is 0 Å². The zero-order valence-corrected chi connectivity index (χ0v) is 12.3. The molecule has 2 aromatic carbocycles. The number of benzene rings is 2. The molecule has 1 amide bonds. The number of aryl methyl sites for hydroxylation is 1. The molecule has 0 spiro atoms. The molecular weight excluding hydrogens is 264 g/mol. The van der Waals surface area contributed by atoms with Gasteiger partial charge >= 0.3 is 0 Å². The molecule has 0 fully saturated rings. The van der Waals surface area contributed by atoms with E-state index in [9.17, 15) is 4.79 Å². The Morgan fingerprint density at radius 1 is 1.10 bits per heavy atom. The number of amides is 1. The number of hydrogen-bond acceptors (Lipinski definition) is 3. The number of ether oxygens (including phenoxy) is 1. The van der Waals surface area contributed by atoms with Crippen LogP contribution in [0.4, 0.5) is 5.69 Å². The minimum Gasteiger partial charge on any atom is -0.457 e. The van der Waals surface area contributed by atoms with E-state index >= 15 is 0 Å². The first-order chi connectivity index (χ1) is 10.1. The standard InChI is InChI=1S/C17H20N2O2/c1-3-16(18)17(20)19-13-6-10-15(11-7-13)21-14-8-4-12(2)5-9-14/h4-11,16H,3,18H2,1-2H3,(H,19,20)/t16-/m1/s1. The van der Waals surface area contributed by atoms with Crippen molar-refractivity contribution in [1.29, 1.82) is 0 Å². The fraction of sp³-hybridized carbons (Fsp3) is 0.235. The first-order valence-corrected chi connectivity index (χ1v) is 6.99. The van der Waals surface area contributed by atoms with E-state index in [4.69, 9.17) is 10.5 Å². The molecule has 0 aliphatic rings. The normalized spacial score (nSPS) is 11.8. The van der Waals surface area contributed by atoms with Crippen molar-refractivity contribution in [2.24, 2.45) is 5.73 Å². The predicted molar refractivity (Wildman–Crippen MR) is 84.6 cm³/mol. The molecule has 21 heavy (non-hydrogen) atoms. The van der Waals surface area contributed by atoms with E-state index in [1.165, 1.54) is 5.56 Å². The Balaban J connectivity index is 1.98. The van der Waals surface area contributed by atoms with E-state index in [1.807, 2.05) is 50.2 Å². The maximum absolute atomic E-state index is 11.7. The largest absolute Gasteiger partial charge is 0.457 e. The highest BCUT2D eigenvalue weighted by molar-refractivity contribution is 5.94. The van der Waals surface area contributed by atoms with E-state index in [0.29, 0.717) is 12.1 Å². The quantitative estimate of drug-likeness (QED) is 0.883. The van der Waals surface area contributed by atoms with Crippen LogP contribution in [0, 0.1) is 6.92 Å². The average molecular weight is 284 g/mol. The highest BCUT2D eigenvalue weighted by atomic mass is 16.5. The molecule has 1 atom stereocenters. The fourth-order valence-electron chi connectivity index (χ4n) is 1.77. The lowest BCUT2D eigenvalue weighted by atomic mass is 10.2. The molecule has 0 saturated heterocycles. The summed E-state index contributed by atoms with van der Waals surface area (Å²) in [6, 6.07) is 14.6. The summed E-state index contributed by atoms with van der Waals surface area (Å²) in [5.41, 5.74) is 7.57. The molecule has 0 unspecified atom stereocenters. The van der Waals surface area contributed by atoms with E-state index in [0.717, 1.165) is 11.5 Å². The molecule has 3 N–H and O–H groups in total. The first-order valence-electron chi connectivity index (χ1n) is 6.99. The van der Waals surface area contributed by atoms with Gasteiger partial charge in [0.05, 0.1) is 6.04 Å². The summed E-state index contributed by atoms with van der Waals surface area (Å²) in [6.45, 7) is 3.91. The van der Waals surface area contributed by atoms with Gasteiger partial charge in [0, 0.05) is 5.69 Å². The van der Waals surface area contributed by atoms with Crippen molar-refractivity contribution in [2.45, 2.75) is 26.3 Å². The molecule has 0 aliphatic heterocycles. The lowest BCUT2D eigenvalue weighted by Crippen LogP contribution is -2.34. The Hall–Kier alpha value is -2.33. The number of nitrogens with one attached hydrogen (secondary N) is 1. The molecule has 0 saturated carbocycles. The van der Waals surface area contributed by atoms with Crippen molar-refractivity contribution < 1.29 is 9.53 Å². The SMILES string of the molecule is CC[C@@H](N)C(=O)Nc1ccc(Oc2ccc(C)cc2)cc1. The van der Waals surface area contributed by atoms with Gasteiger partial charge in [-0.3, -0.25) is 4.79 Å². The second-order valence-electron chi connectivity index (χ2n) is 4.94. The van der Waals surface area contributed by atoms with E-state index in [2.05, 4.69) is 5.32 Å². The molecule has 0 radical (unpaired) electrons. The minimum absolute atomic E-state index is 0.176. The van der Waals surface area contributed by atoms with Gasteiger partial charge < -0.3 is 15.8 Å². The Kier molecular flexibility index (Phi) is 4.95. The van der Waals surface area contributed by atoms with Crippen LogP contribution in [0.15, 0.2) is 48.5 Å². The third kappa shape index (κ3) is 4.33. The second kappa shape index (κ2) is 6.90. The summed E-state index contributed by atoms with van der Waals surface area (Å²) >= 11 is 0. The number of carbonyl (C=O) groups is 1. The number of nitrogens with two attached hydrogens (primary N) is 1. The molecule has 2 aromatic rings. The van der Waals surface area contributed by atoms with Gasteiger partial charge in [0.2, 0.25) is 5.91 Å². The maximum atomic E-state index is 11.7. The fourth-order valence-corrected chi connectivity index (χ4v) is 1.77. The zero-order chi connectivity index (χ0) is 15.2. The topological polar surface area (TPSA) is 64.4 Å². The molecular formula is C17H20N2O2. The molecule has 0 heterocycles. The van der Waals surface area contributed by atoms with E-state index in [-0.39, 0.29) is 5.91 Å². The molecule has 0 aromatic heterocycles. The van der Waals surface area contributed by atoms with Crippen LogP contribution in [0.25, 0.3) is 0 Å². The second-order valence-corrected chi connectivity index (χ2v) is 4.94. The first kappa shape index (κ1) is 15.1. The van der Waals surface area contributed by atoms with Gasteiger partial charge in [-0.05, 0) is 49.7 Å². The third-order valence-corrected chi connectivity index (χ3v) is 3.16. The maximum Gasteiger partial charge on any atom is 0.241 e. The van der Waals surface area contributed by atoms with Gasteiger partial charge in [0.25, 0.3) is 0 Å². The minimum atomic E-state index is -0.478. The third-order valence-electron chi connectivity index (χ3n) is 3.16. The summed E-state index contributed by atoms with van der Waals surface area (Å²) in [6.07, 6.45) is 0.612. The molecule has 4 nitrogen and oxygen atoms in total. The number of carbonyl (C=O) groups excluding carboxylic acids is 1. The van der Waals surface area contributed by atoms with Gasteiger partial charge in [-0.15, -0.1) is 0 Å². The van der Waals surface area contributed by atoms with Crippen molar-refractivity contribution in [3.05, 3.63) is 54.1 Å². The van der Waals surface area contributed by atoms with Crippen LogP contribution in [0.1, 0.15) is 18.9 Å². The van der Waals surface area contributed by atoms with Crippen LogP contribution < -0.4 is 15.8 Å². The highest BCUT2D eigenvalue weighted by Crippen LogP contribution is 2.23. The lowest BCUT2D eigenvalue weighted by Gasteiger charge is -2.11. The van der Waals surface area contributed by atoms with E-state index in [1.54, 1.807) is 12.1 Å². The molecule has 110 valence electrons. The molecule has 0 aliphatic carbocycles. The van der Waals surface area contributed by atoms with Crippen LogP contribution in [-0.2, 0) is 4.79 Å². The molecule has 0 bridgehead atoms. The molecule has 4 heteroatoms. The van der Waals surface area contributed by atoms with Crippen LogP contribution in [-0.4, -0.2) is 11.9 Å². The predicted octanol–water partition coefficient (Wildman–Crippen LogP) is 3.46. The van der Waals surface area contributed by atoms with Gasteiger partial charge in [-0.2, -0.15) is 0 Å². The van der Waals surface area contributed by atoms with E-state index < -0.39 is 6.04 Å². The van der Waals surface area contributed by atoms with Gasteiger partial charge in [0.15, 0.2) is 0 Å². The summed E-state index contributed by atoms with van der Waals surface area (Å²) < 4.78 is 5.72. The summed E-state index contributed by atoms with van der Waals surface area (Å²) in [7, 11) is 0. The number of anilines is 1. The lowest BCUT2D eigenvalue weighted by molar-refractivity contribution is -0.117. The number of hydrogen-bond donors (Lipinski definition) is 2. The smallest absolute Gasteiger partial charge is 0.241 e. The Morgan fingerprint density at radius 3 is 2.14 bits per heavy atom. The zero-order valence-electron chi connectivity index (χ0n) is 12.3. The Morgan fingerprint density at radius 2 is 1.62 bits per heavy atom. The van der Waals surface area contributed by atoms with Crippen molar-refractivity contribution in [2.75, 3.05) is 5.32 Å². The van der Waals surface area contributed by atoms with Crippen LogP contribution in [0.5, 0.6) is 11.5 Å². The summed E-state index contributed by atoms with van der Waals surface area (Å²) in [5.74, 6) is 1.33. The van der Waals surface area contributed by atoms with Crippen molar-refractivity contribution in [3.63, 3.8) is 0 Å². The van der Waals surface area contributed by atoms with Crippen LogP contribution >= 0.6 is 0 Å². The monoisotopic (exact) mass is 284 g/mol. The van der Waals surface area contributed by atoms with Crippen molar-refractivity contribution in [3.8, 4) is 11.5 Å². The Bertz CT molecular complexity index is 591. The average Bonchev–Trinajstić information content (AvgIpc) is 2.50. The Labute approximate surface area is 124 Å².